The van der Waals surface area contributed by atoms with E-state index in [0.29, 0.717) is 18.2 Å². The Balaban J connectivity index is 2.16. The SMILES string of the molecule is CNCC(=O)c1ccccc1OC1CC1. The van der Waals surface area contributed by atoms with Gasteiger partial charge in [-0.1, -0.05) is 12.1 Å². The van der Waals surface area contributed by atoms with Crippen molar-refractivity contribution in [2.45, 2.75) is 18.9 Å². The summed E-state index contributed by atoms with van der Waals surface area (Å²) in [5.74, 6) is 0.800. The number of carbonyl (C=O) groups excluding carboxylic acids is 1. The number of nitrogens with one attached hydrogen (secondary N) is 1. The van der Waals surface area contributed by atoms with Crippen LogP contribution in [0.25, 0.3) is 0 Å². The number of Topliss-reactive ketones (excluding diaryl/α,β-unsaturated/α-hetero) is 1. The third-order valence-electron chi connectivity index (χ3n) is 2.34. The second-order valence-electron chi connectivity index (χ2n) is 3.77. The van der Waals surface area contributed by atoms with Gasteiger partial charge < -0.3 is 10.1 Å². The molecular formula is C12H15NO2. The van der Waals surface area contributed by atoms with Crippen molar-refractivity contribution in [2.24, 2.45) is 0 Å². The van der Waals surface area contributed by atoms with Crippen LogP contribution in [0.5, 0.6) is 5.75 Å². The summed E-state index contributed by atoms with van der Waals surface area (Å²) >= 11 is 0. The number of ketones is 1. The van der Waals surface area contributed by atoms with E-state index in [1.807, 2.05) is 24.3 Å². The smallest absolute Gasteiger partial charge is 0.180 e. The predicted octanol–water partition coefficient (Wildman–Crippen LogP) is 1.63. The van der Waals surface area contributed by atoms with Gasteiger partial charge in [0.15, 0.2) is 5.78 Å². The molecule has 15 heavy (non-hydrogen) atoms. The zero-order valence-corrected chi connectivity index (χ0v) is 8.82. The van der Waals surface area contributed by atoms with E-state index in [2.05, 4.69) is 5.32 Å². The van der Waals surface area contributed by atoms with Crippen LogP contribution in [0.15, 0.2) is 24.3 Å². The highest BCUT2D eigenvalue weighted by Gasteiger charge is 2.25. The molecule has 0 aromatic heterocycles. The van der Waals surface area contributed by atoms with Crippen molar-refractivity contribution < 1.29 is 9.53 Å². The maximum absolute atomic E-state index is 11.7. The number of benzene rings is 1. The number of para-hydroxylation sites is 1. The number of likely N-dealkylation sites (N-methyl/N-ethyl adjacent to an activating group) is 1. The quantitative estimate of drug-likeness (QED) is 0.742. The molecule has 0 heterocycles. The first-order valence-corrected chi connectivity index (χ1v) is 5.24. The third-order valence-corrected chi connectivity index (χ3v) is 2.34. The highest BCUT2D eigenvalue weighted by atomic mass is 16.5. The summed E-state index contributed by atoms with van der Waals surface area (Å²) in [6, 6.07) is 7.44. The molecule has 0 amide bonds. The fourth-order valence-electron chi connectivity index (χ4n) is 1.42. The van der Waals surface area contributed by atoms with E-state index in [1.165, 1.54) is 0 Å². The molecule has 1 aromatic carbocycles. The zero-order chi connectivity index (χ0) is 10.7. The summed E-state index contributed by atoms with van der Waals surface area (Å²) in [5, 5.41) is 2.86. The maximum atomic E-state index is 11.7. The Morgan fingerprint density at radius 2 is 2.20 bits per heavy atom. The topological polar surface area (TPSA) is 38.3 Å². The molecule has 1 saturated carbocycles. The molecule has 0 radical (unpaired) electrons. The molecule has 0 saturated heterocycles. The van der Waals surface area contributed by atoms with Gasteiger partial charge in [0.1, 0.15) is 5.75 Å². The lowest BCUT2D eigenvalue weighted by Crippen LogP contribution is -2.19. The van der Waals surface area contributed by atoms with Gasteiger partial charge in [0, 0.05) is 0 Å². The monoisotopic (exact) mass is 205 g/mol. The van der Waals surface area contributed by atoms with Crippen molar-refractivity contribution in [1.82, 2.24) is 5.32 Å². The average molecular weight is 205 g/mol. The summed E-state index contributed by atoms with van der Waals surface area (Å²) in [7, 11) is 1.77. The fraction of sp³-hybridized carbons (Fsp3) is 0.417. The van der Waals surface area contributed by atoms with Gasteiger partial charge >= 0.3 is 0 Å². The Bertz CT molecular complexity index is 358. The lowest BCUT2D eigenvalue weighted by atomic mass is 10.1. The molecule has 1 fully saturated rings. The molecule has 80 valence electrons. The third kappa shape index (κ3) is 2.57. The van der Waals surface area contributed by atoms with E-state index in [-0.39, 0.29) is 5.78 Å². The molecule has 0 spiro atoms. The van der Waals surface area contributed by atoms with Gasteiger partial charge in [0.05, 0.1) is 18.2 Å². The van der Waals surface area contributed by atoms with Gasteiger partial charge in [-0.15, -0.1) is 0 Å². The normalized spacial score (nSPS) is 15.0. The first kappa shape index (κ1) is 10.2. The predicted molar refractivity (Wildman–Crippen MR) is 58.3 cm³/mol. The van der Waals surface area contributed by atoms with Gasteiger partial charge in [-0.3, -0.25) is 4.79 Å². The number of hydrogen-bond acceptors (Lipinski definition) is 3. The van der Waals surface area contributed by atoms with Crippen molar-refractivity contribution in [1.29, 1.82) is 0 Å². The first-order valence-electron chi connectivity index (χ1n) is 5.24. The van der Waals surface area contributed by atoms with Gasteiger partial charge in [-0.25, -0.2) is 0 Å². The highest BCUT2D eigenvalue weighted by molar-refractivity contribution is 6.00. The largest absolute Gasteiger partial charge is 0.490 e. The van der Waals surface area contributed by atoms with Gasteiger partial charge in [-0.05, 0) is 32.0 Å². The number of hydrogen-bond donors (Lipinski definition) is 1. The van der Waals surface area contributed by atoms with Crippen molar-refractivity contribution in [3.8, 4) is 5.75 Å². The van der Waals surface area contributed by atoms with Crippen molar-refractivity contribution in [3.63, 3.8) is 0 Å². The van der Waals surface area contributed by atoms with Crippen LogP contribution < -0.4 is 10.1 Å². The van der Waals surface area contributed by atoms with Crippen molar-refractivity contribution in [3.05, 3.63) is 29.8 Å². The molecule has 0 bridgehead atoms. The van der Waals surface area contributed by atoms with Gasteiger partial charge in [0.2, 0.25) is 0 Å². The molecule has 1 N–H and O–H groups in total. The van der Waals surface area contributed by atoms with E-state index < -0.39 is 0 Å². The molecular weight excluding hydrogens is 190 g/mol. The van der Waals surface area contributed by atoms with Crippen LogP contribution in [-0.4, -0.2) is 25.5 Å². The average Bonchev–Trinajstić information content (AvgIpc) is 3.03. The van der Waals surface area contributed by atoms with Gasteiger partial charge in [-0.2, -0.15) is 0 Å². The van der Waals surface area contributed by atoms with E-state index in [0.717, 1.165) is 18.6 Å². The summed E-state index contributed by atoms with van der Waals surface area (Å²) in [4.78, 5) is 11.7. The lowest BCUT2D eigenvalue weighted by Gasteiger charge is -2.09. The van der Waals surface area contributed by atoms with E-state index >= 15 is 0 Å². The Hall–Kier alpha value is -1.35. The Morgan fingerprint density at radius 1 is 1.47 bits per heavy atom. The number of rotatable bonds is 5. The zero-order valence-electron chi connectivity index (χ0n) is 8.82. The maximum Gasteiger partial charge on any atom is 0.180 e. The van der Waals surface area contributed by atoms with Crippen LogP contribution in [0, 0.1) is 0 Å². The van der Waals surface area contributed by atoms with E-state index in [4.69, 9.17) is 4.74 Å². The minimum Gasteiger partial charge on any atom is -0.490 e. The minimum absolute atomic E-state index is 0.0775. The molecule has 2 rings (SSSR count). The molecule has 3 heteroatoms. The van der Waals surface area contributed by atoms with Gasteiger partial charge in [0.25, 0.3) is 0 Å². The Labute approximate surface area is 89.4 Å². The standard InChI is InChI=1S/C12H15NO2/c1-13-8-11(14)10-4-2-3-5-12(10)15-9-6-7-9/h2-5,9,13H,6-8H2,1H3. The number of ether oxygens (including phenoxy) is 1. The first-order chi connectivity index (χ1) is 7.31. The van der Waals surface area contributed by atoms with Crippen LogP contribution in [0.4, 0.5) is 0 Å². The minimum atomic E-state index is 0.0775. The highest BCUT2D eigenvalue weighted by Crippen LogP contribution is 2.29. The summed E-state index contributed by atoms with van der Waals surface area (Å²) in [5.41, 5.74) is 0.679. The van der Waals surface area contributed by atoms with Crippen LogP contribution in [0.3, 0.4) is 0 Å². The number of carbonyl (C=O) groups is 1. The molecule has 3 nitrogen and oxygen atoms in total. The second-order valence-corrected chi connectivity index (χ2v) is 3.77. The summed E-state index contributed by atoms with van der Waals surface area (Å²) in [6.07, 6.45) is 2.54. The fourth-order valence-corrected chi connectivity index (χ4v) is 1.42. The molecule has 0 unspecified atom stereocenters. The summed E-state index contributed by atoms with van der Waals surface area (Å²) < 4.78 is 5.68. The Kier molecular flexibility index (Phi) is 3.02. The lowest BCUT2D eigenvalue weighted by molar-refractivity contribution is 0.0989. The van der Waals surface area contributed by atoms with E-state index in [9.17, 15) is 4.79 Å². The molecule has 1 aliphatic carbocycles. The Morgan fingerprint density at radius 3 is 2.87 bits per heavy atom. The van der Waals surface area contributed by atoms with Crippen molar-refractivity contribution in [2.75, 3.05) is 13.6 Å². The van der Waals surface area contributed by atoms with Crippen LogP contribution in [0.2, 0.25) is 0 Å². The van der Waals surface area contributed by atoms with Crippen LogP contribution in [-0.2, 0) is 0 Å². The van der Waals surface area contributed by atoms with Crippen LogP contribution >= 0.6 is 0 Å². The second kappa shape index (κ2) is 4.45. The molecule has 1 aliphatic rings. The van der Waals surface area contributed by atoms with Crippen LogP contribution in [0.1, 0.15) is 23.2 Å². The molecule has 0 aliphatic heterocycles. The molecule has 1 aromatic rings. The van der Waals surface area contributed by atoms with E-state index in [1.54, 1.807) is 7.05 Å². The summed E-state index contributed by atoms with van der Waals surface area (Å²) in [6.45, 7) is 0.352. The van der Waals surface area contributed by atoms with Crippen molar-refractivity contribution >= 4 is 5.78 Å². The molecule has 0 atom stereocenters.